The van der Waals surface area contributed by atoms with Crippen LogP contribution in [-0.2, 0) is 9.25 Å². The van der Waals surface area contributed by atoms with Gasteiger partial charge >= 0.3 is 0 Å². The molecule has 2 heterocycles. The predicted octanol–water partition coefficient (Wildman–Crippen LogP) is 2.38. The van der Waals surface area contributed by atoms with E-state index >= 15 is 0 Å². The van der Waals surface area contributed by atoms with Crippen LogP contribution in [0.5, 0.6) is 0 Å². The van der Waals surface area contributed by atoms with Gasteiger partial charge in [0.15, 0.2) is 0 Å². The fraction of sp³-hybridized carbons (Fsp3) is 0.0588. The number of hydrogen-bond donors (Lipinski definition) is 0. The molecule has 26 heavy (non-hydrogen) atoms. The van der Waals surface area contributed by atoms with E-state index in [-0.39, 0.29) is 22.3 Å². The Kier molecular flexibility index (Phi) is 3.88. The van der Waals surface area contributed by atoms with Crippen LogP contribution in [-0.4, -0.2) is 40.4 Å². The van der Waals surface area contributed by atoms with Crippen LogP contribution in [0.1, 0.15) is 41.4 Å². The number of imide groups is 2. The molecule has 0 fully saturated rings. The summed E-state index contributed by atoms with van der Waals surface area (Å²) in [4.78, 5) is 49.1. The van der Waals surface area contributed by atoms with Gasteiger partial charge < -0.3 is 0 Å². The molecule has 8 nitrogen and oxygen atoms in total. The van der Waals surface area contributed by atoms with Gasteiger partial charge in [-0.15, -0.1) is 10.1 Å². The van der Waals surface area contributed by atoms with Crippen molar-refractivity contribution in [3.05, 3.63) is 70.8 Å². The summed E-state index contributed by atoms with van der Waals surface area (Å²) in [7, 11) is -1.95. The lowest BCUT2D eigenvalue weighted by Crippen LogP contribution is -2.32. The van der Waals surface area contributed by atoms with Gasteiger partial charge in [-0.1, -0.05) is 24.3 Å². The third kappa shape index (κ3) is 2.43. The number of fused-ring (bicyclic) bond motifs is 2. The van der Waals surface area contributed by atoms with Crippen LogP contribution in [0.4, 0.5) is 0 Å². The highest BCUT2D eigenvalue weighted by atomic mass is 31.2. The molecule has 4 amide bonds. The van der Waals surface area contributed by atoms with Crippen LogP contribution >= 0.6 is 8.38 Å². The van der Waals surface area contributed by atoms with E-state index < -0.39 is 32.0 Å². The fourth-order valence-corrected chi connectivity index (χ4v) is 3.51. The summed E-state index contributed by atoms with van der Waals surface area (Å²) in [6.07, 6.45) is 0. The molecule has 0 bridgehead atoms. The Morgan fingerprint density at radius 1 is 0.615 bits per heavy atom. The summed E-state index contributed by atoms with van der Waals surface area (Å²) in [5.74, 6) is -2.48. The van der Waals surface area contributed by atoms with Crippen LogP contribution in [0.15, 0.2) is 48.5 Å². The summed E-state index contributed by atoms with van der Waals surface area (Å²) in [6, 6.07) is 12.6. The number of hydrogen-bond acceptors (Lipinski definition) is 6. The third-order valence-corrected chi connectivity index (χ3v) is 4.69. The minimum absolute atomic E-state index is 0.224. The fourth-order valence-electron chi connectivity index (χ4n) is 2.73. The monoisotopic (exact) mass is 370 g/mol. The molecule has 0 saturated heterocycles. The quantitative estimate of drug-likeness (QED) is 0.606. The lowest BCUT2D eigenvalue weighted by Gasteiger charge is -2.21. The van der Waals surface area contributed by atoms with Gasteiger partial charge in [0.25, 0.3) is 23.6 Å². The van der Waals surface area contributed by atoms with Crippen molar-refractivity contribution >= 4 is 32.0 Å². The SMILES string of the molecule is CP(ON1C(=O)c2ccccc2C1=O)ON1C(=O)c2ccccc2C1=O. The summed E-state index contributed by atoms with van der Waals surface area (Å²) in [6.45, 7) is 1.43. The lowest BCUT2D eigenvalue weighted by atomic mass is 10.1. The standard InChI is InChI=1S/C17H11N2O6P/c1-26(24-18-14(20)10-6-2-3-7-11(10)15(18)21)25-19-16(22)12-8-4-5-9-13(12)17(19)23/h2-9H,1H3. The van der Waals surface area contributed by atoms with Crippen molar-refractivity contribution in [2.45, 2.75) is 0 Å². The van der Waals surface area contributed by atoms with Crippen molar-refractivity contribution < 1.29 is 28.4 Å². The number of carbonyl (C=O) groups is 4. The molecule has 0 spiro atoms. The topological polar surface area (TPSA) is 93.2 Å². The highest BCUT2D eigenvalue weighted by Gasteiger charge is 2.41. The third-order valence-electron chi connectivity index (χ3n) is 3.91. The minimum atomic E-state index is -1.95. The highest BCUT2D eigenvalue weighted by molar-refractivity contribution is 7.46. The summed E-state index contributed by atoms with van der Waals surface area (Å²) in [5, 5.41) is 1.18. The van der Waals surface area contributed by atoms with Crippen molar-refractivity contribution in [1.29, 1.82) is 0 Å². The molecule has 0 aromatic heterocycles. The largest absolute Gasteiger partial charge is 0.286 e. The number of amides is 4. The van der Waals surface area contributed by atoms with Crippen LogP contribution in [0.2, 0.25) is 0 Å². The maximum absolute atomic E-state index is 12.3. The van der Waals surface area contributed by atoms with E-state index in [4.69, 9.17) is 9.25 Å². The maximum Gasteiger partial charge on any atom is 0.286 e. The lowest BCUT2D eigenvalue weighted by molar-refractivity contribution is -0.0454. The van der Waals surface area contributed by atoms with Crippen molar-refractivity contribution in [3.8, 4) is 0 Å². The number of rotatable bonds is 4. The zero-order valence-corrected chi connectivity index (χ0v) is 14.3. The molecular formula is C17H11N2O6P. The minimum Gasteiger partial charge on any atom is -0.266 e. The van der Waals surface area contributed by atoms with E-state index in [0.29, 0.717) is 10.1 Å². The molecule has 0 aliphatic carbocycles. The van der Waals surface area contributed by atoms with Crippen molar-refractivity contribution in [2.24, 2.45) is 0 Å². The van der Waals surface area contributed by atoms with Gasteiger partial charge in [0.1, 0.15) is 0 Å². The first kappa shape index (κ1) is 16.5. The van der Waals surface area contributed by atoms with Gasteiger partial charge in [-0.2, -0.15) is 0 Å². The predicted molar refractivity (Wildman–Crippen MR) is 88.9 cm³/mol. The normalized spacial score (nSPS) is 15.9. The summed E-state index contributed by atoms with van der Waals surface area (Å²) >= 11 is 0. The number of hydroxylamine groups is 4. The molecule has 2 aromatic carbocycles. The van der Waals surface area contributed by atoms with E-state index in [0.717, 1.165) is 0 Å². The van der Waals surface area contributed by atoms with Gasteiger partial charge in [-0.05, 0) is 24.3 Å². The van der Waals surface area contributed by atoms with Crippen LogP contribution in [0, 0.1) is 0 Å². The number of carbonyl (C=O) groups excluding carboxylic acids is 4. The van der Waals surface area contributed by atoms with Crippen molar-refractivity contribution in [2.75, 3.05) is 6.66 Å². The average Bonchev–Trinajstić information content (AvgIpc) is 3.03. The Morgan fingerprint density at radius 2 is 0.885 bits per heavy atom. The molecule has 4 rings (SSSR count). The van der Waals surface area contributed by atoms with Crippen molar-refractivity contribution in [3.63, 3.8) is 0 Å². The molecular weight excluding hydrogens is 359 g/mol. The first-order valence-corrected chi connectivity index (χ1v) is 9.17. The molecule has 0 unspecified atom stereocenters. The van der Waals surface area contributed by atoms with Crippen molar-refractivity contribution in [1.82, 2.24) is 10.1 Å². The number of benzene rings is 2. The van der Waals surface area contributed by atoms with E-state index in [1.54, 1.807) is 24.3 Å². The average molecular weight is 370 g/mol. The van der Waals surface area contributed by atoms with E-state index in [1.165, 1.54) is 30.9 Å². The van der Waals surface area contributed by atoms with Crippen LogP contribution in [0.25, 0.3) is 0 Å². The van der Waals surface area contributed by atoms with Gasteiger partial charge in [0, 0.05) is 6.66 Å². The second-order valence-corrected chi connectivity index (χ2v) is 6.71. The van der Waals surface area contributed by atoms with Crippen LogP contribution in [0.3, 0.4) is 0 Å². The Morgan fingerprint density at radius 3 is 1.15 bits per heavy atom. The molecule has 0 atom stereocenters. The summed E-state index contributed by atoms with van der Waals surface area (Å²) in [5.41, 5.74) is 0.895. The Balaban J connectivity index is 1.49. The summed E-state index contributed by atoms with van der Waals surface area (Å²) < 4.78 is 10.6. The first-order valence-electron chi connectivity index (χ1n) is 7.54. The molecule has 0 saturated carbocycles. The molecule has 2 aromatic rings. The zero-order valence-electron chi connectivity index (χ0n) is 13.4. The first-order chi connectivity index (χ1) is 12.5. The van der Waals surface area contributed by atoms with Gasteiger partial charge in [-0.3, -0.25) is 19.2 Å². The highest BCUT2D eigenvalue weighted by Crippen LogP contribution is 2.41. The van der Waals surface area contributed by atoms with Crippen LogP contribution < -0.4 is 0 Å². The Labute approximate surface area is 148 Å². The Hall–Kier alpha value is -2.93. The smallest absolute Gasteiger partial charge is 0.266 e. The van der Waals surface area contributed by atoms with Gasteiger partial charge in [0.2, 0.25) is 8.38 Å². The number of nitrogens with zero attached hydrogens (tertiary/aromatic N) is 2. The molecule has 0 radical (unpaired) electrons. The molecule has 2 aliphatic rings. The Bertz CT molecular complexity index is 828. The molecule has 0 N–H and O–H groups in total. The maximum atomic E-state index is 12.3. The van der Waals surface area contributed by atoms with E-state index in [9.17, 15) is 19.2 Å². The molecule has 2 aliphatic heterocycles. The zero-order chi connectivity index (χ0) is 18.4. The second kappa shape index (κ2) is 6.10. The van der Waals surface area contributed by atoms with E-state index in [1.807, 2.05) is 0 Å². The second-order valence-electron chi connectivity index (χ2n) is 5.50. The van der Waals surface area contributed by atoms with E-state index in [2.05, 4.69) is 0 Å². The molecule has 9 heteroatoms. The van der Waals surface area contributed by atoms with Gasteiger partial charge in [0.05, 0.1) is 22.3 Å². The molecule has 130 valence electrons. The van der Waals surface area contributed by atoms with Gasteiger partial charge in [-0.25, -0.2) is 9.25 Å².